The van der Waals surface area contributed by atoms with E-state index in [-0.39, 0.29) is 17.6 Å². The first-order valence-corrected chi connectivity index (χ1v) is 7.94. The first-order valence-electron chi connectivity index (χ1n) is 7.94. The maximum atomic E-state index is 12.8. The second-order valence-corrected chi connectivity index (χ2v) is 5.91. The highest BCUT2D eigenvalue weighted by Gasteiger charge is 2.25. The monoisotopic (exact) mass is 292 g/mol. The first kappa shape index (κ1) is 15.8. The third-order valence-electron chi connectivity index (χ3n) is 4.37. The number of nitrogens with one attached hydrogen (secondary N) is 2. The molecule has 0 saturated heterocycles. The van der Waals surface area contributed by atoms with Crippen LogP contribution < -0.4 is 10.6 Å². The number of carbonyl (C=O) groups is 1. The van der Waals surface area contributed by atoms with Gasteiger partial charge in [-0.05, 0) is 43.0 Å². The number of anilines is 1. The van der Waals surface area contributed by atoms with Crippen LogP contribution in [0.4, 0.5) is 10.1 Å². The molecule has 21 heavy (non-hydrogen) atoms. The average Bonchev–Trinajstić information content (AvgIpc) is 2.53. The molecular formula is C17H25FN2O. The van der Waals surface area contributed by atoms with E-state index in [9.17, 15) is 9.18 Å². The molecule has 0 spiro atoms. The smallest absolute Gasteiger partial charge is 0.223 e. The summed E-state index contributed by atoms with van der Waals surface area (Å²) >= 11 is 0. The predicted molar refractivity (Wildman–Crippen MR) is 83.6 cm³/mol. The van der Waals surface area contributed by atoms with Crippen molar-refractivity contribution in [2.45, 2.75) is 39.0 Å². The van der Waals surface area contributed by atoms with Crippen molar-refractivity contribution in [2.24, 2.45) is 11.8 Å². The summed E-state index contributed by atoms with van der Waals surface area (Å²) in [6.45, 7) is 3.28. The Morgan fingerprint density at radius 3 is 2.52 bits per heavy atom. The number of carbonyl (C=O) groups excluding carboxylic acids is 1. The summed E-state index contributed by atoms with van der Waals surface area (Å²) in [5.74, 6) is 0.567. The van der Waals surface area contributed by atoms with Crippen molar-refractivity contribution in [3.63, 3.8) is 0 Å². The standard InChI is InChI=1S/C17H25FN2O/c1-13(14-5-3-2-4-6-14)17(21)20-12-11-19-16-9-7-15(18)8-10-16/h7-10,13-14,19H,2-6,11-12H2,1H3,(H,20,21). The predicted octanol–water partition coefficient (Wildman–Crippen LogP) is 3.57. The molecule has 1 unspecified atom stereocenters. The summed E-state index contributed by atoms with van der Waals surface area (Å²) in [4.78, 5) is 12.1. The molecule has 1 fully saturated rings. The molecule has 3 nitrogen and oxygen atoms in total. The number of hydrogen-bond acceptors (Lipinski definition) is 2. The van der Waals surface area contributed by atoms with Crippen molar-refractivity contribution in [1.29, 1.82) is 0 Å². The Hall–Kier alpha value is -1.58. The van der Waals surface area contributed by atoms with Gasteiger partial charge in [0.05, 0.1) is 0 Å². The Morgan fingerprint density at radius 1 is 1.19 bits per heavy atom. The van der Waals surface area contributed by atoms with Crippen molar-refractivity contribution >= 4 is 11.6 Å². The molecule has 1 aromatic rings. The van der Waals surface area contributed by atoms with Gasteiger partial charge in [0, 0.05) is 24.7 Å². The van der Waals surface area contributed by atoms with E-state index in [0.717, 1.165) is 5.69 Å². The van der Waals surface area contributed by atoms with Crippen LogP contribution in [-0.2, 0) is 4.79 Å². The van der Waals surface area contributed by atoms with Gasteiger partial charge in [0.15, 0.2) is 0 Å². The van der Waals surface area contributed by atoms with Crippen LogP contribution in [0, 0.1) is 17.7 Å². The van der Waals surface area contributed by atoms with Gasteiger partial charge in [-0.15, -0.1) is 0 Å². The lowest BCUT2D eigenvalue weighted by Crippen LogP contribution is -2.36. The van der Waals surface area contributed by atoms with Crippen LogP contribution >= 0.6 is 0 Å². The van der Waals surface area contributed by atoms with E-state index in [2.05, 4.69) is 10.6 Å². The molecule has 1 atom stereocenters. The van der Waals surface area contributed by atoms with Crippen molar-refractivity contribution in [2.75, 3.05) is 18.4 Å². The lowest BCUT2D eigenvalue weighted by molar-refractivity contribution is -0.126. The van der Waals surface area contributed by atoms with Crippen LogP contribution in [0.15, 0.2) is 24.3 Å². The third kappa shape index (κ3) is 5.03. The van der Waals surface area contributed by atoms with Crippen LogP contribution in [0.1, 0.15) is 39.0 Å². The van der Waals surface area contributed by atoms with Crippen LogP contribution in [0.25, 0.3) is 0 Å². The second kappa shape index (κ2) is 8.01. The summed E-state index contributed by atoms with van der Waals surface area (Å²) in [5.41, 5.74) is 0.867. The summed E-state index contributed by atoms with van der Waals surface area (Å²) in [6.07, 6.45) is 6.19. The highest BCUT2D eigenvalue weighted by molar-refractivity contribution is 5.78. The van der Waals surface area contributed by atoms with Crippen molar-refractivity contribution < 1.29 is 9.18 Å². The average molecular weight is 292 g/mol. The van der Waals surface area contributed by atoms with E-state index < -0.39 is 0 Å². The zero-order chi connectivity index (χ0) is 15.1. The van der Waals surface area contributed by atoms with Crippen LogP contribution in [0.2, 0.25) is 0 Å². The largest absolute Gasteiger partial charge is 0.383 e. The summed E-state index contributed by atoms with van der Waals surface area (Å²) in [6, 6.07) is 6.24. The molecule has 2 rings (SSSR count). The molecule has 0 bridgehead atoms. The van der Waals surface area contributed by atoms with Crippen LogP contribution in [0.3, 0.4) is 0 Å². The fourth-order valence-corrected chi connectivity index (χ4v) is 2.97. The Balaban J connectivity index is 1.65. The minimum absolute atomic E-state index is 0.108. The fourth-order valence-electron chi connectivity index (χ4n) is 2.97. The lowest BCUT2D eigenvalue weighted by Gasteiger charge is -2.26. The topological polar surface area (TPSA) is 41.1 Å². The number of hydrogen-bond donors (Lipinski definition) is 2. The van der Waals surface area contributed by atoms with Gasteiger partial charge < -0.3 is 10.6 Å². The van der Waals surface area contributed by atoms with Crippen LogP contribution in [-0.4, -0.2) is 19.0 Å². The zero-order valence-corrected chi connectivity index (χ0v) is 12.7. The second-order valence-electron chi connectivity index (χ2n) is 5.91. The van der Waals surface area contributed by atoms with Gasteiger partial charge >= 0.3 is 0 Å². The molecule has 1 aliphatic rings. The Bertz CT molecular complexity index is 441. The Labute approximate surface area is 126 Å². The number of amides is 1. The quantitative estimate of drug-likeness (QED) is 0.787. The third-order valence-corrected chi connectivity index (χ3v) is 4.37. The van der Waals surface area contributed by atoms with Crippen LogP contribution in [0.5, 0.6) is 0 Å². The summed E-state index contributed by atoms with van der Waals surface area (Å²) in [5, 5.41) is 6.15. The van der Waals surface area contributed by atoms with Gasteiger partial charge in [-0.2, -0.15) is 0 Å². The molecular weight excluding hydrogens is 267 g/mol. The molecule has 0 heterocycles. The number of benzene rings is 1. The molecule has 1 amide bonds. The van der Waals surface area contributed by atoms with E-state index >= 15 is 0 Å². The minimum Gasteiger partial charge on any atom is -0.383 e. The zero-order valence-electron chi connectivity index (χ0n) is 12.7. The molecule has 116 valence electrons. The van der Waals surface area contributed by atoms with E-state index in [1.165, 1.54) is 44.2 Å². The number of halogens is 1. The Morgan fingerprint density at radius 2 is 1.86 bits per heavy atom. The van der Waals surface area contributed by atoms with Gasteiger partial charge in [0.1, 0.15) is 5.82 Å². The molecule has 1 aromatic carbocycles. The SMILES string of the molecule is CC(C(=O)NCCNc1ccc(F)cc1)C1CCCCC1. The highest BCUT2D eigenvalue weighted by Crippen LogP contribution is 2.29. The first-order chi connectivity index (χ1) is 10.2. The maximum Gasteiger partial charge on any atom is 0.223 e. The van der Waals surface area contributed by atoms with E-state index in [1.807, 2.05) is 6.92 Å². The summed E-state index contributed by atoms with van der Waals surface area (Å²) in [7, 11) is 0. The van der Waals surface area contributed by atoms with E-state index in [1.54, 1.807) is 12.1 Å². The molecule has 0 radical (unpaired) electrons. The van der Waals surface area contributed by atoms with Gasteiger partial charge in [0.2, 0.25) is 5.91 Å². The van der Waals surface area contributed by atoms with E-state index in [4.69, 9.17) is 0 Å². The Kier molecular flexibility index (Phi) is 6.03. The maximum absolute atomic E-state index is 12.8. The van der Waals surface area contributed by atoms with Crippen molar-refractivity contribution in [3.8, 4) is 0 Å². The molecule has 1 aliphatic carbocycles. The fraction of sp³-hybridized carbons (Fsp3) is 0.588. The van der Waals surface area contributed by atoms with Gasteiger partial charge in [0.25, 0.3) is 0 Å². The molecule has 1 saturated carbocycles. The minimum atomic E-state index is -0.241. The molecule has 0 aliphatic heterocycles. The van der Waals surface area contributed by atoms with Crippen molar-refractivity contribution in [1.82, 2.24) is 5.32 Å². The molecule has 2 N–H and O–H groups in total. The van der Waals surface area contributed by atoms with Gasteiger partial charge in [-0.1, -0.05) is 26.2 Å². The highest BCUT2D eigenvalue weighted by atomic mass is 19.1. The summed E-state index contributed by atoms with van der Waals surface area (Å²) < 4.78 is 12.8. The van der Waals surface area contributed by atoms with Crippen molar-refractivity contribution in [3.05, 3.63) is 30.1 Å². The van der Waals surface area contributed by atoms with E-state index in [0.29, 0.717) is 19.0 Å². The normalized spacial score (nSPS) is 17.2. The number of rotatable bonds is 6. The molecule has 0 aromatic heterocycles. The molecule has 4 heteroatoms. The van der Waals surface area contributed by atoms with Gasteiger partial charge in [-0.3, -0.25) is 4.79 Å². The van der Waals surface area contributed by atoms with Gasteiger partial charge in [-0.25, -0.2) is 4.39 Å². The lowest BCUT2D eigenvalue weighted by atomic mass is 9.80.